The van der Waals surface area contributed by atoms with E-state index in [0.717, 1.165) is 4.31 Å². The van der Waals surface area contributed by atoms with Gasteiger partial charge in [-0.1, -0.05) is 18.2 Å². The highest BCUT2D eigenvalue weighted by Gasteiger charge is 2.27. The second-order valence-electron chi connectivity index (χ2n) is 8.22. The van der Waals surface area contributed by atoms with Crippen molar-refractivity contribution < 1.29 is 27.1 Å². The van der Waals surface area contributed by atoms with Crippen LogP contribution < -0.4 is 10.3 Å². The van der Waals surface area contributed by atoms with Gasteiger partial charge in [0.05, 0.1) is 29.7 Å². The first-order valence-electron chi connectivity index (χ1n) is 11.4. The number of esters is 1. The molecule has 3 aromatic carbocycles. The van der Waals surface area contributed by atoms with Crippen molar-refractivity contribution in [2.45, 2.75) is 24.9 Å². The third-order valence-corrected chi connectivity index (χ3v) is 7.52. The molecule has 0 saturated heterocycles. The fourth-order valence-electron chi connectivity index (χ4n) is 3.83. The first-order chi connectivity index (χ1) is 17.7. The molecule has 4 rings (SSSR count). The number of aromatic nitrogens is 1. The van der Waals surface area contributed by atoms with Gasteiger partial charge < -0.3 is 14.5 Å². The van der Waals surface area contributed by atoms with Gasteiger partial charge in [0.1, 0.15) is 11.6 Å². The second-order valence-corrected chi connectivity index (χ2v) is 10.2. The number of carbonyl (C=O) groups is 1. The van der Waals surface area contributed by atoms with Crippen molar-refractivity contribution >= 4 is 26.9 Å². The van der Waals surface area contributed by atoms with Gasteiger partial charge in [-0.15, -0.1) is 0 Å². The summed E-state index contributed by atoms with van der Waals surface area (Å²) in [5, 5.41) is 0.693. The number of methoxy groups -OCH3 is 1. The summed E-state index contributed by atoms with van der Waals surface area (Å²) in [6.45, 7) is 1.40. The summed E-state index contributed by atoms with van der Waals surface area (Å²) >= 11 is 0. The Labute approximate surface area is 213 Å². The Balaban J connectivity index is 1.76. The Bertz CT molecular complexity index is 1600. The van der Waals surface area contributed by atoms with Gasteiger partial charge in [-0.05, 0) is 66.4 Å². The summed E-state index contributed by atoms with van der Waals surface area (Å²) in [5.41, 5.74) is 0.907. The molecule has 0 aliphatic carbocycles. The summed E-state index contributed by atoms with van der Waals surface area (Å²) in [6, 6.07) is 17.7. The molecule has 0 saturated carbocycles. The summed E-state index contributed by atoms with van der Waals surface area (Å²) in [7, 11) is -2.68. The van der Waals surface area contributed by atoms with Crippen molar-refractivity contribution in [3.63, 3.8) is 0 Å². The number of nitrogens with one attached hydrogen (secondary N) is 1. The lowest BCUT2D eigenvalue weighted by molar-refractivity contribution is 0.0526. The van der Waals surface area contributed by atoms with Gasteiger partial charge in [0, 0.05) is 24.7 Å². The molecule has 37 heavy (non-hydrogen) atoms. The molecule has 0 radical (unpaired) electrons. The highest BCUT2D eigenvalue weighted by molar-refractivity contribution is 7.89. The van der Waals surface area contributed by atoms with Gasteiger partial charge in [0.2, 0.25) is 10.0 Å². The predicted octanol–water partition coefficient (Wildman–Crippen LogP) is 4.24. The van der Waals surface area contributed by atoms with Crippen molar-refractivity contribution in [3.8, 4) is 5.75 Å². The van der Waals surface area contributed by atoms with Crippen LogP contribution in [0.15, 0.2) is 82.5 Å². The van der Waals surface area contributed by atoms with Crippen molar-refractivity contribution in [3.05, 3.63) is 106 Å². The lowest BCUT2D eigenvalue weighted by Crippen LogP contribution is -2.32. The summed E-state index contributed by atoms with van der Waals surface area (Å²) in [5.74, 6) is -0.536. The SMILES string of the molecule is CCOC(=O)c1cccc(S(=O)(=O)N(Cc2ccc(F)cc2)Cc2cc3ccc(OC)cc3[nH]c2=O)c1. The van der Waals surface area contributed by atoms with Crippen LogP contribution in [0, 0.1) is 5.82 Å². The van der Waals surface area contributed by atoms with Gasteiger partial charge in [0.15, 0.2) is 0 Å². The van der Waals surface area contributed by atoms with Gasteiger partial charge in [-0.25, -0.2) is 17.6 Å². The zero-order valence-corrected chi connectivity index (χ0v) is 21.0. The Morgan fingerprint density at radius 2 is 1.76 bits per heavy atom. The molecule has 1 N–H and O–H groups in total. The molecule has 192 valence electrons. The molecule has 1 aromatic heterocycles. The number of hydrogen-bond donors (Lipinski definition) is 1. The minimum absolute atomic E-state index is 0.0853. The minimum Gasteiger partial charge on any atom is -0.497 e. The van der Waals surface area contributed by atoms with E-state index >= 15 is 0 Å². The fourth-order valence-corrected chi connectivity index (χ4v) is 5.28. The van der Waals surface area contributed by atoms with E-state index in [1.165, 1.54) is 55.6 Å². The van der Waals surface area contributed by atoms with E-state index in [1.807, 2.05) is 0 Å². The van der Waals surface area contributed by atoms with E-state index in [9.17, 15) is 22.4 Å². The first kappa shape index (κ1) is 26.1. The zero-order valence-electron chi connectivity index (χ0n) is 20.2. The number of ether oxygens (including phenoxy) is 2. The predicted molar refractivity (Wildman–Crippen MR) is 136 cm³/mol. The van der Waals surface area contributed by atoms with Crippen LogP contribution in [0.5, 0.6) is 5.75 Å². The average molecular weight is 525 g/mol. The fraction of sp³-hybridized carbons (Fsp3) is 0.185. The smallest absolute Gasteiger partial charge is 0.338 e. The summed E-state index contributed by atoms with van der Waals surface area (Å²) < 4.78 is 52.3. The monoisotopic (exact) mass is 524 g/mol. The van der Waals surface area contributed by atoms with E-state index in [1.54, 1.807) is 31.2 Å². The number of nitrogens with zero attached hydrogens (tertiary/aromatic N) is 1. The first-order valence-corrected chi connectivity index (χ1v) is 12.9. The van der Waals surface area contributed by atoms with Crippen LogP contribution in [0.2, 0.25) is 0 Å². The zero-order chi connectivity index (χ0) is 26.6. The van der Waals surface area contributed by atoms with E-state index in [4.69, 9.17) is 9.47 Å². The molecule has 0 atom stereocenters. The molecule has 8 nitrogen and oxygen atoms in total. The lowest BCUT2D eigenvalue weighted by Gasteiger charge is -2.23. The number of H-pyrrole nitrogens is 1. The molecule has 0 unspecified atom stereocenters. The quantitative estimate of drug-likeness (QED) is 0.328. The molecule has 0 aliphatic heterocycles. The second kappa shape index (κ2) is 10.9. The molecule has 10 heteroatoms. The van der Waals surface area contributed by atoms with Gasteiger partial charge in [-0.3, -0.25) is 4.79 Å². The van der Waals surface area contributed by atoms with Gasteiger partial charge in [0.25, 0.3) is 5.56 Å². The number of aromatic amines is 1. The van der Waals surface area contributed by atoms with E-state index in [0.29, 0.717) is 22.2 Å². The Morgan fingerprint density at radius 1 is 1.00 bits per heavy atom. The maximum Gasteiger partial charge on any atom is 0.338 e. The number of sulfonamides is 1. The van der Waals surface area contributed by atoms with E-state index in [2.05, 4.69) is 4.98 Å². The molecular weight excluding hydrogens is 499 g/mol. The van der Waals surface area contributed by atoms with Crippen molar-refractivity contribution in [1.82, 2.24) is 9.29 Å². The van der Waals surface area contributed by atoms with E-state index < -0.39 is 27.4 Å². The van der Waals surface area contributed by atoms with Crippen LogP contribution in [-0.2, 0) is 27.8 Å². The number of pyridine rings is 1. The molecule has 0 amide bonds. The van der Waals surface area contributed by atoms with Crippen LogP contribution >= 0.6 is 0 Å². The molecule has 0 fully saturated rings. The summed E-state index contributed by atoms with van der Waals surface area (Å²) in [6.07, 6.45) is 0. The number of halogens is 1. The third-order valence-electron chi connectivity index (χ3n) is 5.73. The van der Waals surface area contributed by atoms with Crippen molar-refractivity contribution in [2.75, 3.05) is 13.7 Å². The normalized spacial score (nSPS) is 11.6. The van der Waals surface area contributed by atoms with E-state index in [-0.39, 0.29) is 35.7 Å². The summed E-state index contributed by atoms with van der Waals surface area (Å²) in [4.78, 5) is 27.8. The van der Waals surface area contributed by atoms with Gasteiger partial charge in [-0.2, -0.15) is 4.31 Å². The lowest BCUT2D eigenvalue weighted by atomic mass is 10.1. The Kier molecular flexibility index (Phi) is 7.70. The van der Waals surface area contributed by atoms with Crippen LogP contribution in [0.1, 0.15) is 28.4 Å². The van der Waals surface area contributed by atoms with Crippen LogP contribution in [0.4, 0.5) is 4.39 Å². The van der Waals surface area contributed by atoms with Gasteiger partial charge >= 0.3 is 5.97 Å². The minimum atomic E-state index is -4.20. The molecule has 4 aromatic rings. The number of fused-ring (bicyclic) bond motifs is 1. The van der Waals surface area contributed by atoms with Crippen LogP contribution in [0.3, 0.4) is 0 Å². The number of carbonyl (C=O) groups excluding carboxylic acids is 1. The largest absolute Gasteiger partial charge is 0.497 e. The van der Waals surface area contributed by atoms with Crippen LogP contribution in [-0.4, -0.2) is 37.4 Å². The maximum atomic E-state index is 13.8. The number of hydrogen-bond acceptors (Lipinski definition) is 6. The molecular formula is C27H25FN2O6S. The topological polar surface area (TPSA) is 106 Å². The highest BCUT2D eigenvalue weighted by Crippen LogP contribution is 2.24. The highest BCUT2D eigenvalue weighted by atomic mass is 32.2. The van der Waals surface area contributed by atoms with Crippen LogP contribution in [0.25, 0.3) is 10.9 Å². The Morgan fingerprint density at radius 3 is 2.46 bits per heavy atom. The standard InChI is InChI=1S/C27H25FN2O6S/c1-3-36-27(32)20-5-4-6-24(14-20)37(33,34)30(16-18-7-10-22(28)11-8-18)17-21-13-19-9-12-23(35-2)15-25(19)29-26(21)31/h4-15H,3,16-17H2,1-2H3,(H,29,31). The maximum absolute atomic E-state index is 13.8. The Hall–Kier alpha value is -4.02. The van der Waals surface area contributed by atoms with Crippen molar-refractivity contribution in [2.24, 2.45) is 0 Å². The molecule has 0 spiro atoms. The number of benzene rings is 3. The molecule has 0 bridgehead atoms. The van der Waals surface area contributed by atoms with Crippen molar-refractivity contribution in [1.29, 1.82) is 0 Å². The number of rotatable bonds is 9. The molecule has 1 heterocycles. The average Bonchev–Trinajstić information content (AvgIpc) is 2.89. The molecule has 0 aliphatic rings. The third kappa shape index (κ3) is 5.87.